The minimum atomic E-state index is -0.299. The number of piperidine rings is 1. The van der Waals surface area contributed by atoms with Crippen LogP contribution in [0, 0.1) is 5.41 Å². The molecule has 1 unspecified atom stereocenters. The Morgan fingerprint density at radius 3 is 3.00 bits per heavy atom. The van der Waals surface area contributed by atoms with Crippen molar-refractivity contribution in [3.63, 3.8) is 0 Å². The van der Waals surface area contributed by atoms with Gasteiger partial charge in [0.25, 0.3) is 0 Å². The Morgan fingerprint density at radius 1 is 1.53 bits per heavy atom. The molecule has 0 radical (unpaired) electrons. The number of urea groups is 1. The van der Waals surface area contributed by atoms with E-state index in [2.05, 4.69) is 5.16 Å². The molecule has 3 heterocycles. The fourth-order valence-electron chi connectivity index (χ4n) is 3.31. The van der Waals surface area contributed by atoms with Crippen LogP contribution in [0.25, 0.3) is 0 Å². The van der Waals surface area contributed by atoms with Crippen LogP contribution in [0.2, 0.25) is 0 Å². The molecule has 4 rings (SSSR count). The second-order valence-electron chi connectivity index (χ2n) is 5.30. The van der Waals surface area contributed by atoms with E-state index < -0.39 is 0 Å². The number of hydrogen-bond acceptors (Lipinski definition) is 4. The molecule has 1 spiro atoms. The highest BCUT2D eigenvalue weighted by atomic mass is 16.5. The number of hydrogen-bond donors (Lipinski definition) is 1. The Hall–Kier alpha value is -1.56. The third-order valence-corrected chi connectivity index (χ3v) is 4.48. The molecule has 1 aromatic rings. The van der Waals surface area contributed by atoms with Crippen molar-refractivity contribution in [3.8, 4) is 0 Å². The molecule has 1 saturated carbocycles. The standard InChI is InChI=1S/C11H13N3O3/c15-10-13-6-9(14(10)16)11(2-3-11)5-8(13)7-1-4-17-12-7/h1,4,8-9,16H,2-3,5-6H2/t8-,9?/m0/s1. The van der Waals surface area contributed by atoms with Crippen LogP contribution in [-0.2, 0) is 0 Å². The van der Waals surface area contributed by atoms with Crippen molar-refractivity contribution in [2.75, 3.05) is 6.54 Å². The summed E-state index contributed by atoms with van der Waals surface area (Å²) in [7, 11) is 0. The summed E-state index contributed by atoms with van der Waals surface area (Å²) in [5.41, 5.74) is 0.902. The Labute approximate surface area is 97.7 Å². The van der Waals surface area contributed by atoms with Crippen molar-refractivity contribution in [3.05, 3.63) is 18.0 Å². The second-order valence-corrected chi connectivity index (χ2v) is 5.30. The molecule has 1 aliphatic carbocycles. The quantitative estimate of drug-likeness (QED) is 0.747. The smallest absolute Gasteiger partial charge is 0.344 e. The maximum atomic E-state index is 12.0. The fraction of sp³-hybridized carbons (Fsp3) is 0.636. The highest BCUT2D eigenvalue weighted by Crippen LogP contribution is 2.61. The van der Waals surface area contributed by atoms with Gasteiger partial charge in [-0.1, -0.05) is 5.16 Å². The molecule has 2 amide bonds. The van der Waals surface area contributed by atoms with Gasteiger partial charge in [-0.2, -0.15) is 0 Å². The number of nitrogens with zero attached hydrogens (tertiary/aromatic N) is 3. The van der Waals surface area contributed by atoms with Crippen LogP contribution in [0.4, 0.5) is 4.79 Å². The van der Waals surface area contributed by atoms with Gasteiger partial charge in [-0.25, -0.2) is 9.86 Å². The molecule has 6 heteroatoms. The first kappa shape index (κ1) is 9.47. The van der Waals surface area contributed by atoms with Crippen molar-refractivity contribution in [2.24, 2.45) is 5.41 Å². The van der Waals surface area contributed by atoms with E-state index in [0.717, 1.165) is 30.0 Å². The Balaban J connectivity index is 1.76. The zero-order chi connectivity index (χ0) is 11.6. The Morgan fingerprint density at radius 2 is 2.35 bits per heavy atom. The van der Waals surface area contributed by atoms with Gasteiger partial charge in [0.05, 0.1) is 12.1 Å². The minimum absolute atomic E-state index is 0.0295. The Bertz CT molecular complexity index is 468. The van der Waals surface area contributed by atoms with Crippen molar-refractivity contribution in [1.82, 2.24) is 15.1 Å². The first-order valence-electron chi connectivity index (χ1n) is 5.90. The summed E-state index contributed by atoms with van der Waals surface area (Å²) in [5, 5.41) is 14.7. The lowest BCUT2D eigenvalue weighted by molar-refractivity contribution is -0.0782. The van der Waals surface area contributed by atoms with Crippen LogP contribution in [-0.4, -0.2) is 38.9 Å². The van der Waals surface area contributed by atoms with E-state index in [-0.39, 0.29) is 23.5 Å². The van der Waals surface area contributed by atoms with E-state index in [1.807, 2.05) is 0 Å². The van der Waals surface area contributed by atoms with Crippen LogP contribution >= 0.6 is 0 Å². The predicted molar refractivity (Wildman–Crippen MR) is 55.0 cm³/mol. The van der Waals surface area contributed by atoms with E-state index in [0.29, 0.717) is 6.54 Å². The van der Waals surface area contributed by atoms with E-state index >= 15 is 0 Å². The van der Waals surface area contributed by atoms with Crippen molar-refractivity contribution < 1.29 is 14.5 Å². The van der Waals surface area contributed by atoms with E-state index in [1.54, 1.807) is 11.0 Å². The van der Waals surface area contributed by atoms with Gasteiger partial charge >= 0.3 is 6.03 Å². The summed E-state index contributed by atoms with van der Waals surface area (Å²) in [6.07, 6.45) is 4.58. The van der Waals surface area contributed by atoms with Crippen molar-refractivity contribution >= 4 is 6.03 Å². The summed E-state index contributed by atoms with van der Waals surface area (Å²) in [6, 6.07) is 1.43. The average molecular weight is 235 g/mol. The van der Waals surface area contributed by atoms with Crippen LogP contribution in [0.5, 0.6) is 0 Å². The van der Waals surface area contributed by atoms with E-state index in [1.165, 1.54) is 6.26 Å². The lowest BCUT2D eigenvalue weighted by atomic mass is 9.84. The molecule has 3 aliphatic rings. The number of aromatic nitrogens is 1. The zero-order valence-electron chi connectivity index (χ0n) is 9.24. The van der Waals surface area contributed by atoms with Crippen LogP contribution in [0.3, 0.4) is 0 Å². The van der Waals surface area contributed by atoms with Gasteiger partial charge in [0.1, 0.15) is 12.0 Å². The molecule has 2 saturated heterocycles. The van der Waals surface area contributed by atoms with Gasteiger partial charge in [0.15, 0.2) is 0 Å². The third kappa shape index (κ3) is 1.08. The molecule has 2 atom stereocenters. The minimum Gasteiger partial charge on any atom is -0.364 e. The SMILES string of the molecule is O=C1N(O)C2CN1[C@H](c1ccon1)CC21CC1. The average Bonchev–Trinajstić information content (AvgIpc) is 2.81. The fourth-order valence-corrected chi connectivity index (χ4v) is 3.31. The maximum Gasteiger partial charge on any atom is 0.344 e. The molecule has 1 N–H and O–H groups in total. The molecule has 90 valence electrons. The largest absolute Gasteiger partial charge is 0.364 e. The summed E-state index contributed by atoms with van der Waals surface area (Å²) >= 11 is 0. The topological polar surface area (TPSA) is 69.8 Å². The van der Waals surface area contributed by atoms with Crippen molar-refractivity contribution in [1.29, 1.82) is 0 Å². The van der Waals surface area contributed by atoms with Gasteiger partial charge in [-0.05, 0) is 24.7 Å². The van der Waals surface area contributed by atoms with Crippen LogP contribution in [0.15, 0.2) is 16.9 Å². The summed E-state index contributed by atoms with van der Waals surface area (Å²) in [5.74, 6) is 0. The van der Waals surface area contributed by atoms with Crippen LogP contribution < -0.4 is 0 Å². The highest BCUT2D eigenvalue weighted by molar-refractivity contribution is 5.77. The van der Waals surface area contributed by atoms with Crippen LogP contribution in [0.1, 0.15) is 31.0 Å². The number of rotatable bonds is 1. The number of amides is 2. The Kier molecular flexibility index (Phi) is 1.57. The van der Waals surface area contributed by atoms with E-state index in [4.69, 9.17) is 4.52 Å². The molecule has 1 aromatic heterocycles. The molecule has 2 aliphatic heterocycles. The summed E-state index contributed by atoms with van der Waals surface area (Å²) in [6.45, 7) is 0.604. The zero-order valence-corrected chi connectivity index (χ0v) is 9.24. The third-order valence-electron chi connectivity index (χ3n) is 4.48. The molecule has 3 fully saturated rings. The molecular weight excluding hydrogens is 222 g/mol. The van der Waals surface area contributed by atoms with E-state index in [9.17, 15) is 10.0 Å². The lowest BCUT2D eigenvalue weighted by Crippen LogP contribution is -2.41. The normalized spacial score (nSPS) is 33.6. The van der Waals surface area contributed by atoms with Gasteiger partial charge in [0.2, 0.25) is 0 Å². The number of hydroxylamine groups is 2. The van der Waals surface area contributed by atoms with Crippen molar-refractivity contribution in [2.45, 2.75) is 31.3 Å². The summed E-state index contributed by atoms with van der Waals surface area (Å²) < 4.78 is 4.86. The lowest BCUT2D eigenvalue weighted by Gasteiger charge is -2.35. The number of carbonyl (C=O) groups is 1. The molecule has 17 heavy (non-hydrogen) atoms. The van der Waals surface area contributed by atoms with Gasteiger partial charge in [0, 0.05) is 12.6 Å². The number of carbonyl (C=O) groups excluding carboxylic acids is 1. The van der Waals surface area contributed by atoms with Gasteiger partial charge in [-0.3, -0.25) is 5.21 Å². The first-order valence-corrected chi connectivity index (χ1v) is 5.90. The number of fused-ring (bicyclic) bond motifs is 3. The summed E-state index contributed by atoms with van der Waals surface area (Å²) in [4.78, 5) is 13.7. The predicted octanol–water partition coefficient (Wildman–Crippen LogP) is 1.40. The highest BCUT2D eigenvalue weighted by Gasteiger charge is 2.63. The maximum absolute atomic E-state index is 12.0. The van der Waals surface area contributed by atoms with Gasteiger partial charge < -0.3 is 9.42 Å². The monoisotopic (exact) mass is 235 g/mol. The molecule has 2 bridgehead atoms. The molecule has 6 nitrogen and oxygen atoms in total. The van der Waals surface area contributed by atoms with Gasteiger partial charge in [-0.15, -0.1) is 0 Å². The first-order chi connectivity index (χ1) is 8.21. The molecule has 0 aromatic carbocycles. The second kappa shape index (κ2) is 2.81. The molecular formula is C11H13N3O3.